The van der Waals surface area contributed by atoms with Crippen LogP contribution in [0.3, 0.4) is 0 Å². The van der Waals surface area contributed by atoms with Gasteiger partial charge in [0.25, 0.3) is 0 Å². The van der Waals surface area contributed by atoms with Crippen molar-refractivity contribution in [3.8, 4) is 0 Å². The third-order valence-corrected chi connectivity index (χ3v) is 4.43. The van der Waals surface area contributed by atoms with Gasteiger partial charge in [-0.2, -0.15) is 0 Å². The van der Waals surface area contributed by atoms with Crippen molar-refractivity contribution in [3.05, 3.63) is 58.3 Å². The molecular formula is C17H24N2S. The minimum atomic E-state index is 0.406. The predicted molar refractivity (Wildman–Crippen MR) is 88.1 cm³/mol. The van der Waals surface area contributed by atoms with Crippen molar-refractivity contribution in [1.29, 1.82) is 0 Å². The van der Waals surface area contributed by atoms with Crippen LogP contribution in [0, 0.1) is 0 Å². The predicted octanol–water partition coefficient (Wildman–Crippen LogP) is 3.92. The van der Waals surface area contributed by atoms with Crippen molar-refractivity contribution in [2.24, 2.45) is 0 Å². The summed E-state index contributed by atoms with van der Waals surface area (Å²) in [5.41, 5.74) is 1.38. The number of thiophene rings is 1. The van der Waals surface area contributed by atoms with Gasteiger partial charge < -0.3 is 5.32 Å². The minimum absolute atomic E-state index is 0.406. The number of rotatable bonds is 7. The van der Waals surface area contributed by atoms with Crippen LogP contribution < -0.4 is 5.32 Å². The van der Waals surface area contributed by atoms with E-state index in [9.17, 15) is 0 Å². The monoisotopic (exact) mass is 288 g/mol. The lowest BCUT2D eigenvalue weighted by Gasteiger charge is -2.35. The Balaban J connectivity index is 2.23. The number of benzene rings is 1. The third-order valence-electron chi connectivity index (χ3n) is 3.56. The number of nitrogens with zero attached hydrogens (tertiary/aromatic N) is 1. The Bertz CT molecular complexity index is 479. The number of hydrogen-bond acceptors (Lipinski definition) is 3. The highest BCUT2D eigenvalue weighted by Crippen LogP contribution is 2.26. The van der Waals surface area contributed by atoms with Gasteiger partial charge in [0.15, 0.2) is 0 Å². The summed E-state index contributed by atoms with van der Waals surface area (Å²) < 4.78 is 0. The molecule has 1 aromatic carbocycles. The molecule has 0 amide bonds. The standard InChI is InChI=1S/C17H24N2S/c1-14(2)19(13-16-10-7-11-20-16)17(12-18-3)15-8-5-4-6-9-15/h4-11,14,17-18H,12-13H2,1-3H3. The van der Waals surface area contributed by atoms with Crippen LogP contribution in [0.25, 0.3) is 0 Å². The number of hydrogen-bond donors (Lipinski definition) is 1. The van der Waals surface area contributed by atoms with Crippen molar-refractivity contribution in [3.63, 3.8) is 0 Å². The topological polar surface area (TPSA) is 15.3 Å². The molecule has 0 radical (unpaired) electrons. The lowest BCUT2D eigenvalue weighted by Crippen LogP contribution is -2.38. The van der Waals surface area contributed by atoms with Gasteiger partial charge in [0.05, 0.1) is 0 Å². The van der Waals surface area contributed by atoms with Crippen LogP contribution in [-0.4, -0.2) is 24.5 Å². The molecule has 0 aliphatic carbocycles. The van der Waals surface area contributed by atoms with Crippen molar-refractivity contribution < 1.29 is 0 Å². The fourth-order valence-corrected chi connectivity index (χ4v) is 3.24. The molecular weight excluding hydrogens is 264 g/mol. The summed E-state index contributed by atoms with van der Waals surface area (Å²) in [6, 6.07) is 16.1. The summed E-state index contributed by atoms with van der Waals surface area (Å²) in [5.74, 6) is 0. The summed E-state index contributed by atoms with van der Waals surface area (Å²) in [7, 11) is 2.03. The lowest BCUT2D eigenvalue weighted by molar-refractivity contribution is 0.144. The molecule has 0 bridgehead atoms. The molecule has 2 nitrogen and oxygen atoms in total. The van der Waals surface area contributed by atoms with Crippen LogP contribution in [0.5, 0.6) is 0 Å². The first-order chi connectivity index (χ1) is 9.72. The molecule has 108 valence electrons. The van der Waals surface area contributed by atoms with Gasteiger partial charge in [-0.3, -0.25) is 4.90 Å². The number of likely N-dealkylation sites (N-methyl/N-ethyl adjacent to an activating group) is 1. The maximum atomic E-state index is 3.34. The van der Waals surface area contributed by atoms with E-state index in [4.69, 9.17) is 0 Å². The molecule has 1 N–H and O–H groups in total. The third kappa shape index (κ3) is 3.92. The van der Waals surface area contributed by atoms with Crippen molar-refractivity contribution >= 4 is 11.3 Å². The van der Waals surface area contributed by atoms with Gasteiger partial charge in [0, 0.05) is 30.1 Å². The van der Waals surface area contributed by atoms with Gasteiger partial charge in [-0.1, -0.05) is 36.4 Å². The zero-order valence-electron chi connectivity index (χ0n) is 12.5. The van der Waals surface area contributed by atoms with E-state index in [0.717, 1.165) is 13.1 Å². The fourth-order valence-electron chi connectivity index (χ4n) is 2.53. The van der Waals surface area contributed by atoms with E-state index in [2.05, 4.69) is 71.9 Å². The Kier molecular flexibility index (Phi) is 5.77. The van der Waals surface area contributed by atoms with E-state index in [1.807, 2.05) is 18.4 Å². The Morgan fingerprint density at radius 1 is 1.10 bits per heavy atom. The first kappa shape index (κ1) is 15.2. The molecule has 0 saturated heterocycles. The summed E-state index contributed by atoms with van der Waals surface area (Å²) in [6.07, 6.45) is 0. The molecule has 0 fully saturated rings. The van der Waals surface area contributed by atoms with Crippen LogP contribution in [0.2, 0.25) is 0 Å². The van der Waals surface area contributed by atoms with Gasteiger partial charge in [0.1, 0.15) is 0 Å². The van der Waals surface area contributed by atoms with E-state index in [0.29, 0.717) is 12.1 Å². The molecule has 0 spiro atoms. The van der Waals surface area contributed by atoms with Crippen LogP contribution in [0.4, 0.5) is 0 Å². The molecule has 1 aromatic heterocycles. The van der Waals surface area contributed by atoms with Gasteiger partial charge in [-0.05, 0) is 37.9 Å². The van der Waals surface area contributed by atoms with Crippen LogP contribution >= 0.6 is 11.3 Å². The van der Waals surface area contributed by atoms with Crippen molar-refractivity contribution in [2.75, 3.05) is 13.6 Å². The van der Waals surface area contributed by atoms with E-state index < -0.39 is 0 Å². The Hall–Kier alpha value is -1.16. The first-order valence-electron chi connectivity index (χ1n) is 7.20. The van der Waals surface area contributed by atoms with E-state index in [1.54, 1.807) is 0 Å². The van der Waals surface area contributed by atoms with Crippen molar-refractivity contribution in [1.82, 2.24) is 10.2 Å². The average Bonchev–Trinajstić information content (AvgIpc) is 2.96. The number of nitrogens with one attached hydrogen (secondary N) is 1. The Morgan fingerprint density at radius 3 is 2.40 bits per heavy atom. The van der Waals surface area contributed by atoms with E-state index >= 15 is 0 Å². The molecule has 0 aliphatic rings. The van der Waals surface area contributed by atoms with Crippen LogP contribution in [0.1, 0.15) is 30.3 Å². The highest BCUT2D eigenvalue weighted by molar-refractivity contribution is 7.09. The highest BCUT2D eigenvalue weighted by atomic mass is 32.1. The SMILES string of the molecule is CNCC(c1ccccc1)N(Cc1cccs1)C(C)C. The molecule has 2 aromatic rings. The summed E-state index contributed by atoms with van der Waals surface area (Å²) in [4.78, 5) is 3.99. The summed E-state index contributed by atoms with van der Waals surface area (Å²) in [6.45, 7) is 6.53. The van der Waals surface area contributed by atoms with Gasteiger partial charge >= 0.3 is 0 Å². The molecule has 20 heavy (non-hydrogen) atoms. The van der Waals surface area contributed by atoms with Crippen molar-refractivity contribution in [2.45, 2.75) is 32.5 Å². The Labute approximate surface area is 126 Å². The van der Waals surface area contributed by atoms with Gasteiger partial charge in [-0.15, -0.1) is 11.3 Å². The quantitative estimate of drug-likeness (QED) is 0.830. The molecule has 3 heteroatoms. The average molecular weight is 288 g/mol. The van der Waals surface area contributed by atoms with Gasteiger partial charge in [-0.25, -0.2) is 0 Å². The normalized spacial score (nSPS) is 13.1. The van der Waals surface area contributed by atoms with E-state index in [1.165, 1.54) is 10.4 Å². The van der Waals surface area contributed by atoms with Crippen LogP contribution in [0.15, 0.2) is 47.8 Å². The molecule has 0 saturated carbocycles. The van der Waals surface area contributed by atoms with E-state index in [-0.39, 0.29) is 0 Å². The van der Waals surface area contributed by atoms with Gasteiger partial charge in [0.2, 0.25) is 0 Å². The van der Waals surface area contributed by atoms with Crippen LogP contribution in [-0.2, 0) is 6.54 Å². The maximum Gasteiger partial charge on any atom is 0.0479 e. The smallest absolute Gasteiger partial charge is 0.0479 e. The zero-order chi connectivity index (χ0) is 14.4. The second kappa shape index (κ2) is 7.58. The molecule has 2 rings (SSSR count). The molecule has 0 aliphatic heterocycles. The molecule has 1 heterocycles. The Morgan fingerprint density at radius 2 is 1.85 bits per heavy atom. The summed E-state index contributed by atoms with van der Waals surface area (Å²) >= 11 is 1.84. The maximum absolute atomic E-state index is 3.34. The summed E-state index contributed by atoms with van der Waals surface area (Å²) in [5, 5.41) is 5.50. The first-order valence-corrected chi connectivity index (χ1v) is 8.08. The largest absolute Gasteiger partial charge is 0.318 e. The zero-order valence-corrected chi connectivity index (χ0v) is 13.4. The fraction of sp³-hybridized carbons (Fsp3) is 0.412. The second-order valence-electron chi connectivity index (χ2n) is 5.33. The molecule has 1 atom stereocenters. The second-order valence-corrected chi connectivity index (χ2v) is 6.36. The molecule has 1 unspecified atom stereocenters. The minimum Gasteiger partial charge on any atom is -0.318 e. The lowest BCUT2D eigenvalue weighted by atomic mass is 10.0. The highest BCUT2D eigenvalue weighted by Gasteiger charge is 2.22.